The molecule has 9 aromatic carbocycles. The molecule has 0 spiro atoms. The number of hydrogen-bond acceptors (Lipinski definition) is 4. The molecule has 2 aliphatic rings. The molecule has 9 aromatic rings. The van der Waals surface area contributed by atoms with Crippen molar-refractivity contribution in [3.63, 3.8) is 0 Å². The Morgan fingerprint density at radius 3 is 0.577 bits per heavy atom. The third-order valence-corrected chi connectivity index (χ3v) is 16.4. The maximum absolute atomic E-state index is 2.44. The maximum Gasteiger partial charge on any atom is 0.0464 e. The van der Waals surface area contributed by atoms with Crippen molar-refractivity contribution in [1.29, 1.82) is 0 Å². The van der Waals surface area contributed by atoms with Gasteiger partial charge in [0.2, 0.25) is 0 Å². The Morgan fingerprint density at radius 2 is 0.397 bits per heavy atom. The lowest BCUT2D eigenvalue weighted by Gasteiger charge is -2.31. The zero-order chi connectivity index (χ0) is 53.2. The van der Waals surface area contributed by atoms with Crippen LogP contribution in [0.15, 0.2) is 206 Å². The minimum Gasteiger partial charge on any atom is -0.311 e. The predicted molar refractivity (Wildman–Crippen MR) is 334 cm³/mol. The van der Waals surface area contributed by atoms with Crippen LogP contribution in [-0.4, -0.2) is 0 Å². The molecular weight excluding hydrogens is 945 g/mol. The van der Waals surface area contributed by atoms with E-state index >= 15 is 0 Å². The number of hydrogen-bond donors (Lipinski definition) is 0. The van der Waals surface area contributed by atoms with Crippen molar-refractivity contribution in [3.8, 4) is 0 Å². The molecule has 0 radical (unpaired) electrons. The molecule has 4 heteroatoms. The van der Waals surface area contributed by atoms with Crippen molar-refractivity contribution >= 4 is 68.2 Å². The van der Waals surface area contributed by atoms with E-state index in [4.69, 9.17) is 0 Å². The number of anilines is 12. The van der Waals surface area contributed by atoms with E-state index in [-0.39, 0.29) is 0 Å². The van der Waals surface area contributed by atoms with E-state index in [9.17, 15) is 0 Å². The summed E-state index contributed by atoms with van der Waals surface area (Å²) in [5.41, 5.74) is 25.2. The van der Waals surface area contributed by atoms with E-state index in [0.717, 1.165) is 85.5 Å². The fourth-order valence-corrected chi connectivity index (χ4v) is 11.5. The summed E-state index contributed by atoms with van der Waals surface area (Å²) in [5, 5.41) is 0. The second kappa shape index (κ2) is 24.7. The second-order valence-electron chi connectivity index (χ2n) is 21.9. The average molecular weight is 1020 g/mol. The number of rotatable bonds is 24. The molecule has 2 aliphatic carbocycles. The summed E-state index contributed by atoms with van der Waals surface area (Å²) in [5.74, 6) is 0. The number of fused-ring (bicyclic) bond motifs is 2. The van der Waals surface area contributed by atoms with Crippen molar-refractivity contribution in [2.75, 3.05) is 19.6 Å². The summed E-state index contributed by atoms with van der Waals surface area (Å²) in [7, 11) is 0. The summed E-state index contributed by atoms with van der Waals surface area (Å²) < 4.78 is 0. The molecule has 0 bridgehead atoms. The van der Waals surface area contributed by atoms with Crippen molar-refractivity contribution < 1.29 is 0 Å². The van der Waals surface area contributed by atoms with Gasteiger partial charge in [-0.2, -0.15) is 0 Å². The topological polar surface area (TPSA) is 13.0 Å². The third-order valence-electron chi connectivity index (χ3n) is 16.4. The molecule has 0 saturated heterocycles. The van der Waals surface area contributed by atoms with Crippen LogP contribution in [0, 0.1) is 0 Å². The first-order valence-corrected chi connectivity index (χ1v) is 29.6. The molecule has 0 aromatic heterocycles. The molecule has 0 unspecified atom stereocenters. The van der Waals surface area contributed by atoms with Crippen LogP contribution in [0.4, 0.5) is 68.2 Å². The first kappa shape index (κ1) is 52.2. The van der Waals surface area contributed by atoms with Gasteiger partial charge in [0.1, 0.15) is 0 Å². The largest absolute Gasteiger partial charge is 0.311 e. The summed E-state index contributed by atoms with van der Waals surface area (Å²) in [4.78, 5) is 9.70. The van der Waals surface area contributed by atoms with Crippen LogP contribution in [0.5, 0.6) is 0 Å². The van der Waals surface area contributed by atoms with E-state index in [1.807, 2.05) is 0 Å². The minimum atomic E-state index is 1.11. The highest BCUT2D eigenvalue weighted by atomic mass is 15.2. The molecule has 0 aliphatic heterocycles. The molecule has 4 nitrogen and oxygen atoms in total. The molecule has 78 heavy (non-hydrogen) atoms. The molecule has 0 N–H and O–H groups in total. The summed E-state index contributed by atoms with van der Waals surface area (Å²) in [6, 6.07) is 78.7. The first-order chi connectivity index (χ1) is 38.5. The lowest BCUT2D eigenvalue weighted by atomic mass is 9.88. The van der Waals surface area contributed by atoms with Gasteiger partial charge < -0.3 is 19.6 Å². The first-order valence-electron chi connectivity index (χ1n) is 29.6. The van der Waals surface area contributed by atoms with Gasteiger partial charge >= 0.3 is 0 Å². The average Bonchev–Trinajstić information content (AvgIpc) is 3.48. The highest BCUT2D eigenvalue weighted by Gasteiger charge is 2.23. The Labute approximate surface area is 466 Å². The van der Waals surface area contributed by atoms with Crippen molar-refractivity contribution in [3.05, 3.63) is 251 Å². The molecule has 0 saturated carbocycles. The van der Waals surface area contributed by atoms with Gasteiger partial charge in [-0.1, -0.05) is 114 Å². The fraction of sp³-hybridized carbons (Fsp3) is 0.270. The molecule has 11 rings (SSSR count). The van der Waals surface area contributed by atoms with Gasteiger partial charge in [-0.25, -0.2) is 0 Å². The predicted octanol–water partition coefficient (Wildman–Crippen LogP) is 21.1. The highest BCUT2D eigenvalue weighted by molar-refractivity contribution is 5.85. The van der Waals surface area contributed by atoms with Crippen LogP contribution in [0.2, 0.25) is 0 Å². The minimum absolute atomic E-state index is 1.11. The maximum atomic E-state index is 2.44. The van der Waals surface area contributed by atoms with E-state index in [0.29, 0.717) is 0 Å². The number of unbranched alkanes of at least 4 members (excludes halogenated alkanes) is 4. The van der Waals surface area contributed by atoms with E-state index in [1.165, 1.54) is 130 Å². The van der Waals surface area contributed by atoms with Crippen LogP contribution in [0.3, 0.4) is 0 Å². The van der Waals surface area contributed by atoms with Gasteiger partial charge in [-0.3, -0.25) is 0 Å². The molecule has 0 atom stereocenters. The van der Waals surface area contributed by atoms with E-state index in [1.54, 1.807) is 0 Å². The molecular formula is C74H78N4. The van der Waals surface area contributed by atoms with Gasteiger partial charge in [0.15, 0.2) is 0 Å². The monoisotopic (exact) mass is 1020 g/mol. The Bertz CT molecular complexity index is 3030. The van der Waals surface area contributed by atoms with Gasteiger partial charge in [0.25, 0.3) is 0 Å². The van der Waals surface area contributed by atoms with Crippen LogP contribution in [0.1, 0.15) is 124 Å². The SMILES string of the molecule is CCCCc1ccc(N(c2ccc(CCCC)cc2)c2ccc(N(c3ccc(N(c4ccc(N(c5ccc(CCCC)cc5)c5ccc(CCCC)cc5)cc4)c4ccc5c(c4)CC5)cc3)c3ccc4c(c3)CC4)cc2)cc1. The normalized spacial score (nSPS) is 12.3. The van der Waals surface area contributed by atoms with Crippen molar-refractivity contribution in [2.45, 2.75) is 130 Å². The number of nitrogens with zero attached hydrogens (tertiary/aromatic N) is 4. The summed E-state index contributed by atoms with van der Waals surface area (Å²) in [6.45, 7) is 9.07. The van der Waals surface area contributed by atoms with Crippen molar-refractivity contribution in [1.82, 2.24) is 0 Å². The second-order valence-corrected chi connectivity index (χ2v) is 21.9. The van der Waals surface area contributed by atoms with Gasteiger partial charge in [0.05, 0.1) is 0 Å². The van der Waals surface area contributed by atoms with Crippen molar-refractivity contribution in [2.24, 2.45) is 0 Å². The van der Waals surface area contributed by atoms with Crippen LogP contribution in [-0.2, 0) is 51.4 Å². The Kier molecular flexibility index (Phi) is 16.5. The standard InChI is InChI=1S/C74H78N4/c1-5-9-13-55-17-31-63(32-18-55)75(64-33-19-56(20-34-64)14-10-6-2)67-41-45-69(46-42-67)77(73-39-29-59-25-27-61(59)53-73)71-49-51-72(52-50-71)78(74-40-30-60-26-28-62(60)54-74)70-47-43-68(44-48-70)76(65-35-21-57(22-36-65)15-11-7-3)66-37-23-58(24-38-66)16-12-8-4/h17-24,29-54H,5-16,25-28H2,1-4H3. The third kappa shape index (κ3) is 11.7. The van der Waals surface area contributed by atoms with Crippen LogP contribution in [0.25, 0.3) is 0 Å². The Hall–Kier alpha value is -7.82. The lowest BCUT2D eigenvalue weighted by Crippen LogP contribution is -2.16. The number of aryl methyl sites for hydroxylation is 8. The number of benzene rings is 9. The van der Waals surface area contributed by atoms with E-state index < -0.39 is 0 Å². The van der Waals surface area contributed by atoms with Gasteiger partial charge in [-0.15, -0.1) is 0 Å². The Balaban J connectivity index is 0.934. The quantitative estimate of drug-likeness (QED) is 0.0598. The molecule has 0 heterocycles. The zero-order valence-corrected chi connectivity index (χ0v) is 46.7. The van der Waals surface area contributed by atoms with Gasteiger partial charge in [0, 0.05) is 68.2 Å². The molecule has 0 fully saturated rings. The zero-order valence-electron chi connectivity index (χ0n) is 46.7. The van der Waals surface area contributed by atoms with Gasteiger partial charge in [-0.05, 0) is 267 Å². The molecule has 0 amide bonds. The van der Waals surface area contributed by atoms with E-state index in [2.05, 4.69) is 254 Å². The lowest BCUT2D eigenvalue weighted by molar-refractivity contribution is 0.795. The van der Waals surface area contributed by atoms with Crippen LogP contribution >= 0.6 is 0 Å². The smallest absolute Gasteiger partial charge is 0.0464 e. The fourth-order valence-electron chi connectivity index (χ4n) is 11.5. The highest BCUT2D eigenvalue weighted by Crippen LogP contribution is 2.45. The molecule has 394 valence electrons. The van der Waals surface area contributed by atoms with Crippen LogP contribution < -0.4 is 19.6 Å². The Morgan fingerprint density at radius 1 is 0.218 bits per heavy atom. The summed E-state index contributed by atoms with van der Waals surface area (Å²) in [6.07, 6.45) is 18.6. The summed E-state index contributed by atoms with van der Waals surface area (Å²) >= 11 is 0.